The fraction of sp³-hybridized carbons (Fsp3) is 0.192. The van der Waals surface area contributed by atoms with Gasteiger partial charge in [0.25, 0.3) is 0 Å². The molecule has 0 spiro atoms. The number of alkyl carbamates (subject to hydrolysis) is 1. The van der Waals surface area contributed by atoms with Gasteiger partial charge in [-0.05, 0) is 46.4 Å². The Labute approximate surface area is 198 Å². The number of halogens is 4. The second-order valence-electron chi connectivity index (χ2n) is 7.68. The number of hydrogen-bond acceptors (Lipinski definition) is 2. The van der Waals surface area contributed by atoms with E-state index < -0.39 is 17.8 Å². The molecule has 4 rings (SSSR count). The van der Waals surface area contributed by atoms with Crippen LogP contribution in [-0.2, 0) is 10.9 Å². The van der Waals surface area contributed by atoms with Gasteiger partial charge in [0.05, 0.1) is 5.56 Å². The highest BCUT2D eigenvalue weighted by molar-refractivity contribution is 9.10. The third kappa shape index (κ3) is 5.30. The first kappa shape index (κ1) is 23.1. The summed E-state index contributed by atoms with van der Waals surface area (Å²) in [7, 11) is 0. The Kier molecular flexibility index (Phi) is 6.88. The first-order chi connectivity index (χ1) is 15.8. The summed E-state index contributed by atoms with van der Waals surface area (Å²) in [5.41, 5.74) is 4.32. The maximum atomic E-state index is 13.0. The Bertz CT molecular complexity index is 1140. The third-order valence-electron chi connectivity index (χ3n) is 5.53. The summed E-state index contributed by atoms with van der Waals surface area (Å²) in [6.45, 7) is 0.546. The number of nitrogens with one attached hydrogen (secondary N) is 1. The molecular formula is C26H21BrF3NO2. The SMILES string of the molecule is O=C(NCCC=Cc1ccc(Br)c(C(F)(F)F)c1)OCC1c2ccccc2-c2ccccc21. The fourth-order valence-electron chi connectivity index (χ4n) is 3.99. The lowest BCUT2D eigenvalue weighted by Gasteiger charge is -2.14. The molecule has 0 bridgehead atoms. The summed E-state index contributed by atoms with van der Waals surface area (Å²) in [6, 6.07) is 20.3. The van der Waals surface area contributed by atoms with Crippen molar-refractivity contribution in [2.24, 2.45) is 0 Å². The summed E-state index contributed by atoms with van der Waals surface area (Å²) in [5, 5.41) is 2.69. The van der Waals surface area contributed by atoms with E-state index in [1.54, 1.807) is 18.2 Å². The number of fused-ring (bicyclic) bond motifs is 3. The average molecular weight is 516 g/mol. The van der Waals surface area contributed by atoms with Crippen LogP contribution in [0, 0.1) is 0 Å². The van der Waals surface area contributed by atoms with Crippen molar-refractivity contribution in [2.75, 3.05) is 13.2 Å². The van der Waals surface area contributed by atoms with Crippen LogP contribution in [0.15, 0.2) is 77.3 Å². The monoisotopic (exact) mass is 515 g/mol. The summed E-state index contributed by atoms with van der Waals surface area (Å²) >= 11 is 2.93. The molecule has 3 aromatic carbocycles. The number of benzene rings is 3. The molecule has 1 N–H and O–H groups in total. The van der Waals surface area contributed by atoms with E-state index in [0.29, 0.717) is 18.5 Å². The van der Waals surface area contributed by atoms with Gasteiger partial charge in [-0.15, -0.1) is 0 Å². The van der Waals surface area contributed by atoms with Crippen molar-refractivity contribution >= 4 is 28.1 Å². The maximum Gasteiger partial charge on any atom is 0.417 e. The van der Waals surface area contributed by atoms with E-state index in [1.807, 2.05) is 24.3 Å². The third-order valence-corrected chi connectivity index (χ3v) is 6.22. The topological polar surface area (TPSA) is 38.3 Å². The number of alkyl halides is 3. The zero-order valence-corrected chi connectivity index (χ0v) is 19.1. The van der Waals surface area contributed by atoms with Crippen molar-refractivity contribution in [3.05, 3.63) is 99.5 Å². The zero-order chi connectivity index (χ0) is 23.4. The van der Waals surface area contributed by atoms with Crippen LogP contribution in [0.5, 0.6) is 0 Å². The van der Waals surface area contributed by atoms with Crippen molar-refractivity contribution in [3.8, 4) is 11.1 Å². The van der Waals surface area contributed by atoms with Crippen LogP contribution in [0.3, 0.4) is 0 Å². The van der Waals surface area contributed by atoms with Crippen molar-refractivity contribution in [2.45, 2.75) is 18.5 Å². The van der Waals surface area contributed by atoms with E-state index in [1.165, 1.54) is 6.07 Å². The van der Waals surface area contributed by atoms with Crippen molar-refractivity contribution in [1.82, 2.24) is 5.32 Å². The van der Waals surface area contributed by atoms with Gasteiger partial charge < -0.3 is 10.1 Å². The zero-order valence-electron chi connectivity index (χ0n) is 17.5. The lowest BCUT2D eigenvalue weighted by Crippen LogP contribution is -2.26. The largest absolute Gasteiger partial charge is 0.449 e. The van der Waals surface area contributed by atoms with Crippen molar-refractivity contribution in [3.63, 3.8) is 0 Å². The first-order valence-corrected chi connectivity index (χ1v) is 11.3. The summed E-state index contributed by atoms with van der Waals surface area (Å²) in [4.78, 5) is 12.2. The normalized spacial score (nSPS) is 13.1. The van der Waals surface area contributed by atoms with Gasteiger partial charge in [-0.25, -0.2) is 4.79 Å². The maximum absolute atomic E-state index is 13.0. The highest BCUT2D eigenvalue weighted by Gasteiger charge is 2.33. The van der Waals surface area contributed by atoms with Gasteiger partial charge in [0.1, 0.15) is 6.61 Å². The van der Waals surface area contributed by atoms with Gasteiger partial charge in [0.2, 0.25) is 0 Å². The van der Waals surface area contributed by atoms with Gasteiger partial charge >= 0.3 is 12.3 Å². The highest BCUT2D eigenvalue weighted by atomic mass is 79.9. The quantitative estimate of drug-likeness (QED) is 0.347. The van der Waals surface area contributed by atoms with E-state index in [4.69, 9.17) is 4.74 Å². The van der Waals surface area contributed by atoms with Crippen LogP contribution in [0.1, 0.15) is 34.6 Å². The second-order valence-corrected chi connectivity index (χ2v) is 8.53. The Balaban J connectivity index is 1.27. The average Bonchev–Trinajstić information content (AvgIpc) is 3.11. The number of rotatable bonds is 6. The van der Waals surface area contributed by atoms with E-state index >= 15 is 0 Å². The fourth-order valence-corrected chi connectivity index (χ4v) is 4.46. The van der Waals surface area contributed by atoms with Crippen LogP contribution in [0.4, 0.5) is 18.0 Å². The molecule has 33 heavy (non-hydrogen) atoms. The molecule has 3 aromatic rings. The molecule has 170 valence electrons. The summed E-state index contributed by atoms with van der Waals surface area (Å²) < 4.78 is 44.5. The van der Waals surface area contributed by atoms with Gasteiger partial charge in [-0.3, -0.25) is 0 Å². The van der Waals surface area contributed by atoms with E-state index in [2.05, 4.69) is 45.5 Å². The van der Waals surface area contributed by atoms with Crippen molar-refractivity contribution in [1.29, 1.82) is 0 Å². The smallest absolute Gasteiger partial charge is 0.417 e. The minimum Gasteiger partial charge on any atom is -0.449 e. The molecule has 0 unspecified atom stereocenters. The Morgan fingerprint density at radius 2 is 1.64 bits per heavy atom. The van der Waals surface area contributed by atoms with E-state index in [9.17, 15) is 18.0 Å². The van der Waals surface area contributed by atoms with Crippen LogP contribution >= 0.6 is 15.9 Å². The van der Waals surface area contributed by atoms with Crippen LogP contribution in [0.2, 0.25) is 0 Å². The molecule has 1 aliphatic carbocycles. The molecule has 0 fully saturated rings. The number of ether oxygens (including phenoxy) is 1. The molecule has 0 heterocycles. The van der Waals surface area contributed by atoms with Crippen LogP contribution in [-0.4, -0.2) is 19.2 Å². The second kappa shape index (κ2) is 9.83. The van der Waals surface area contributed by atoms with Gasteiger partial charge in [-0.2, -0.15) is 13.2 Å². The molecule has 0 atom stereocenters. The molecule has 7 heteroatoms. The Hall–Kier alpha value is -3.06. The van der Waals surface area contributed by atoms with Gasteiger partial charge in [-0.1, -0.05) is 82.7 Å². The van der Waals surface area contributed by atoms with Crippen molar-refractivity contribution < 1.29 is 22.7 Å². The molecule has 0 aliphatic heterocycles. The minimum absolute atomic E-state index is 0.00377. The lowest BCUT2D eigenvalue weighted by atomic mass is 9.98. The van der Waals surface area contributed by atoms with E-state index in [-0.39, 0.29) is 17.0 Å². The molecule has 3 nitrogen and oxygen atoms in total. The first-order valence-electron chi connectivity index (χ1n) is 10.5. The molecule has 1 aliphatic rings. The number of carbonyl (C=O) groups is 1. The predicted octanol–water partition coefficient (Wildman–Crippen LogP) is 7.41. The van der Waals surface area contributed by atoms with E-state index in [0.717, 1.165) is 28.3 Å². The number of amides is 1. The Morgan fingerprint density at radius 1 is 1.00 bits per heavy atom. The highest BCUT2D eigenvalue weighted by Crippen LogP contribution is 2.44. The molecule has 1 amide bonds. The predicted molar refractivity (Wildman–Crippen MR) is 126 cm³/mol. The number of hydrogen-bond donors (Lipinski definition) is 1. The number of carbonyl (C=O) groups excluding carboxylic acids is 1. The minimum atomic E-state index is -4.42. The van der Waals surface area contributed by atoms with Gasteiger partial charge in [0.15, 0.2) is 0 Å². The molecule has 0 saturated heterocycles. The Morgan fingerprint density at radius 3 is 2.27 bits per heavy atom. The van der Waals surface area contributed by atoms with Crippen LogP contribution < -0.4 is 5.32 Å². The van der Waals surface area contributed by atoms with Gasteiger partial charge in [0, 0.05) is 16.9 Å². The molecule has 0 aromatic heterocycles. The summed E-state index contributed by atoms with van der Waals surface area (Å²) in [5.74, 6) is -0.0109. The van der Waals surface area contributed by atoms with Crippen LogP contribution in [0.25, 0.3) is 17.2 Å². The standard InChI is InChI=1S/C26H21BrF3NO2/c27-24-13-12-17(15-23(24)26(28,29)30)7-5-6-14-31-25(32)33-16-22-20-10-3-1-8-18(20)19-9-2-4-11-21(19)22/h1-5,7-13,15,22H,6,14,16H2,(H,31,32). The molecular weight excluding hydrogens is 495 g/mol. The summed E-state index contributed by atoms with van der Waals surface area (Å²) in [6.07, 6.45) is -1.17. The lowest BCUT2D eigenvalue weighted by molar-refractivity contribution is -0.138. The molecule has 0 radical (unpaired) electrons. The molecule has 0 saturated carbocycles.